The Bertz CT molecular complexity index is 1270. The number of rotatable bonds is 4. The van der Waals surface area contributed by atoms with Gasteiger partial charge >= 0.3 is 0 Å². The molecule has 0 saturated carbocycles. The molecule has 0 aliphatic carbocycles. The minimum atomic E-state index is -0.629. The third-order valence-corrected chi connectivity index (χ3v) is 4.49. The lowest BCUT2D eigenvalue weighted by molar-refractivity contribution is 0.0843. The summed E-state index contributed by atoms with van der Waals surface area (Å²) in [5, 5.41) is 5.05. The molecule has 0 saturated heterocycles. The van der Waals surface area contributed by atoms with Crippen molar-refractivity contribution in [2.75, 3.05) is 0 Å². The van der Waals surface area contributed by atoms with Crippen LogP contribution in [0.3, 0.4) is 0 Å². The molecule has 30 heavy (non-hydrogen) atoms. The maximum Gasteiger partial charge on any atom is 0.290 e. The first-order valence-corrected chi connectivity index (χ1v) is 9.18. The molecule has 4 rings (SSSR count). The van der Waals surface area contributed by atoms with Crippen LogP contribution in [-0.4, -0.2) is 26.6 Å². The lowest BCUT2D eigenvalue weighted by atomic mass is 10.1. The van der Waals surface area contributed by atoms with Gasteiger partial charge in [-0.25, -0.2) is 4.68 Å². The molecule has 2 amide bonds. The number of fused-ring (bicyclic) bond motifs is 1. The normalized spacial score (nSPS) is 10.5. The number of hydrogen-bond donors (Lipinski definition) is 2. The van der Waals surface area contributed by atoms with Crippen molar-refractivity contribution in [3.05, 3.63) is 106 Å². The number of hydrogen-bond acceptors (Lipinski definition) is 5. The fourth-order valence-electron chi connectivity index (χ4n) is 3.01. The Morgan fingerprint density at radius 3 is 2.17 bits per heavy atom. The van der Waals surface area contributed by atoms with E-state index >= 15 is 0 Å². The molecule has 0 bridgehead atoms. The summed E-state index contributed by atoms with van der Waals surface area (Å²) in [6, 6.07) is 19.1. The van der Waals surface area contributed by atoms with E-state index in [-0.39, 0.29) is 17.8 Å². The van der Waals surface area contributed by atoms with Crippen molar-refractivity contribution >= 4 is 22.6 Å². The van der Waals surface area contributed by atoms with E-state index in [1.54, 1.807) is 24.3 Å². The van der Waals surface area contributed by atoms with E-state index in [2.05, 4.69) is 20.9 Å². The van der Waals surface area contributed by atoms with E-state index in [0.717, 1.165) is 5.56 Å². The monoisotopic (exact) mass is 399 g/mol. The summed E-state index contributed by atoms with van der Waals surface area (Å²) in [5.41, 5.74) is 5.67. The van der Waals surface area contributed by atoms with Gasteiger partial charge in [-0.05, 0) is 23.8 Å². The van der Waals surface area contributed by atoms with E-state index in [9.17, 15) is 14.4 Å². The number of pyridine rings is 1. The van der Waals surface area contributed by atoms with E-state index in [0.29, 0.717) is 16.3 Å². The van der Waals surface area contributed by atoms with Gasteiger partial charge in [0.1, 0.15) is 0 Å². The van der Waals surface area contributed by atoms with Crippen LogP contribution in [0, 0.1) is 0 Å². The minimum Gasteiger partial charge on any atom is -0.267 e. The number of hydrazine groups is 1. The van der Waals surface area contributed by atoms with Gasteiger partial charge in [0.05, 0.1) is 11.9 Å². The van der Waals surface area contributed by atoms with Gasteiger partial charge in [-0.1, -0.05) is 48.5 Å². The number of carbonyl (C=O) groups excluding carboxylic acids is 2. The fraction of sp³-hybridized carbons (Fsp3) is 0.0455. The summed E-state index contributed by atoms with van der Waals surface area (Å²) >= 11 is 0. The van der Waals surface area contributed by atoms with E-state index in [1.165, 1.54) is 29.2 Å². The highest BCUT2D eigenvalue weighted by molar-refractivity contribution is 6.06. The Morgan fingerprint density at radius 1 is 0.800 bits per heavy atom. The van der Waals surface area contributed by atoms with Crippen molar-refractivity contribution in [2.24, 2.45) is 0 Å². The van der Waals surface area contributed by atoms with Gasteiger partial charge in [0.15, 0.2) is 5.69 Å². The lowest BCUT2D eigenvalue weighted by Crippen LogP contribution is -2.42. The van der Waals surface area contributed by atoms with Gasteiger partial charge in [0.2, 0.25) is 0 Å². The third-order valence-electron chi connectivity index (χ3n) is 4.49. The summed E-state index contributed by atoms with van der Waals surface area (Å²) < 4.78 is 1.25. The predicted octanol–water partition coefficient (Wildman–Crippen LogP) is 1.91. The number of nitrogens with zero attached hydrogens (tertiary/aromatic N) is 3. The maximum atomic E-state index is 12.9. The van der Waals surface area contributed by atoms with Crippen LogP contribution in [-0.2, 0) is 6.54 Å². The lowest BCUT2D eigenvalue weighted by Gasteiger charge is -2.12. The first kappa shape index (κ1) is 19.0. The highest BCUT2D eigenvalue weighted by Crippen LogP contribution is 2.13. The van der Waals surface area contributed by atoms with Crippen molar-refractivity contribution in [3.8, 4) is 0 Å². The molecule has 0 radical (unpaired) electrons. The first-order valence-electron chi connectivity index (χ1n) is 9.18. The molecule has 4 aromatic rings. The molecule has 0 spiro atoms. The molecule has 0 aliphatic heterocycles. The van der Waals surface area contributed by atoms with Gasteiger partial charge in [-0.3, -0.25) is 30.2 Å². The topological polar surface area (TPSA) is 106 Å². The molecular formula is C22H17N5O3. The molecule has 0 atom stereocenters. The molecule has 8 heteroatoms. The number of nitrogens with one attached hydrogen (secondary N) is 2. The van der Waals surface area contributed by atoms with Crippen molar-refractivity contribution in [3.63, 3.8) is 0 Å². The molecular weight excluding hydrogens is 382 g/mol. The van der Waals surface area contributed by atoms with Gasteiger partial charge in [0.25, 0.3) is 17.4 Å². The average Bonchev–Trinajstić information content (AvgIpc) is 2.80. The van der Waals surface area contributed by atoms with Crippen molar-refractivity contribution in [1.82, 2.24) is 25.6 Å². The Morgan fingerprint density at radius 2 is 1.43 bits per heavy atom. The van der Waals surface area contributed by atoms with Crippen LogP contribution in [0.25, 0.3) is 10.8 Å². The standard InChI is InChI=1S/C22H17N5O3/c28-20(16-10-12-23-13-11-16)24-25-21(29)19-17-8-4-5-9-18(17)22(30)27(26-19)14-15-6-2-1-3-7-15/h1-13H,14H2,(H,24,28)(H,25,29). The Balaban J connectivity index is 1.65. The zero-order valence-corrected chi connectivity index (χ0v) is 15.8. The smallest absolute Gasteiger partial charge is 0.267 e. The largest absolute Gasteiger partial charge is 0.290 e. The number of benzene rings is 2. The highest BCUT2D eigenvalue weighted by atomic mass is 16.2. The van der Waals surface area contributed by atoms with Gasteiger partial charge in [-0.2, -0.15) is 5.10 Å². The Hall–Kier alpha value is -4.33. The van der Waals surface area contributed by atoms with E-state index < -0.39 is 11.8 Å². The zero-order valence-electron chi connectivity index (χ0n) is 15.8. The fourth-order valence-corrected chi connectivity index (χ4v) is 3.01. The van der Waals surface area contributed by atoms with Crippen molar-refractivity contribution in [2.45, 2.75) is 6.54 Å². The SMILES string of the molecule is O=C(NNC(=O)c1nn(Cc2ccccc2)c(=O)c2ccccc12)c1ccncc1. The van der Waals surface area contributed by atoms with Gasteiger partial charge in [-0.15, -0.1) is 0 Å². The number of amides is 2. The second-order valence-electron chi connectivity index (χ2n) is 6.49. The van der Waals surface area contributed by atoms with Crippen LogP contribution in [0.5, 0.6) is 0 Å². The Kier molecular flexibility index (Phi) is 5.29. The van der Waals surface area contributed by atoms with Crippen molar-refractivity contribution < 1.29 is 9.59 Å². The molecule has 8 nitrogen and oxygen atoms in total. The summed E-state index contributed by atoms with van der Waals surface area (Å²) in [5.74, 6) is -1.12. The predicted molar refractivity (Wildman–Crippen MR) is 111 cm³/mol. The summed E-state index contributed by atoms with van der Waals surface area (Å²) in [6.45, 7) is 0.216. The van der Waals surface area contributed by atoms with Crippen LogP contribution in [0.15, 0.2) is 83.9 Å². The maximum absolute atomic E-state index is 12.9. The van der Waals surface area contributed by atoms with Crippen LogP contribution in [0.4, 0.5) is 0 Å². The Labute approximate surface area is 171 Å². The van der Waals surface area contributed by atoms with Gasteiger partial charge < -0.3 is 0 Å². The molecule has 2 N–H and O–H groups in total. The molecule has 2 heterocycles. The quantitative estimate of drug-likeness (QED) is 0.510. The van der Waals surface area contributed by atoms with Crippen LogP contribution >= 0.6 is 0 Å². The second-order valence-corrected chi connectivity index (χ2v) is 6.49. The van der Waals surface area contributed by atoms with Crippen LogP contribution < -0.4 is 16.4 Å². The highest BCUT2D eigenvalue weighted by Gasteiger charge is 2.17. The summed E-state index contributed by atoms with van der Waals surface area (Å²) in [4.78, 5) is 41.7. The average molecular weight is 399 g/mol. The molecule has 0 aliphatic rings. The van der Waals surface area contributed by atoms with E-state index in [1.807, 2.05) is 30.3 Å². The van der Waals surface area contributed by atoms with Crippen molar-refractivity contribution in [1.29, 1.82) is 0 Å². The molecule has 2 aromatic heterocycles. The van der Waals surface area contributed by atoms with Crippen LogP contribution in [0.2, 0.25) is 0 Å². The summed E-state index contributed by atoms with van der Waals surface area (Å²) in [7, 11) is 0. The third kappa shape index (κ3) is 3.93. The number of carbonyl (C=O) groups is 2. The zero-order chi connectivity index (χ0) is 20.9. The number of aromatic nitrogens is 3. The minimum absolute atomic E-state index is 0.0381. The van der Waals surface area contributed by atoms with Gasteiger partial charge in [0, 0.05) is 23.3 Å². The summed E-state index contributed by atoms with van der Waals surface area (Å²) in [6.07, 6.45) is 2.95. The second kappa shape index (κ2) is 8.36. The van der Waals surface area contributed by atoms with E-state index in [4.69, 9.17) is 0 Å². The molecule has 0 fully saturated rings. The molecule has 148 valence electrons. The molecule has 2 aromatic carbocycles. The molecule has 0 unspecified atom stereocenters. The first-order chi connectivity index (χ1) is 14.6. The van der Waals surface area contributed by atoms with Crippen LogP contribution in [0.1, 0.15) is 26.4 Å².